The third-order valence-electron chi connectivity index (χ3n) is 4.62. The van der Waals surface area contributed by atoms with Gasteiger partial charge in [0.1, 0.15) is 5.65 Å². The lowest BCUT2D eigenvalue weighted by molar-refractivity contribution is 0.103. The van der Waals surface area contributed by atoms with Gasteiger partial charge >= 0.3 is 0 Å². The number of aromatic amines is 1. The summed E-state index contributed by atoms with van der Waals surface area (Å²) in [4.78, 5) is 20.1. The number of ketones is 1. The second kappa shape index (κ2) is 9.71. The zero-order valence-electron chi connectivity index (χ0n) is 17.2. The van der Waals surface area contributed by atoms with Crippen LogP contribution >= 0.6 is 0 Å². The normalized spacial score (nSPS) is 11.1. The van der Waals surface area contributed by atoms with E-state index in [9.17, 15) is 17.6 Å². The molecule has 0 atom stereocenters. The van der Waals surface area contributed by atoms with Gasteiger partial charge in [0, 0.05) is 28.9 Å². The second-order valence-corrected chi connectivity index (χ2v) is 8.58. The number of halogens is 1. The summed E-state index contributed by atoms with van der Waals surface area (Å²) < 4.78 is 41.8. The van der Waals surface area contributed by atoms with Crippen LogP contribution in [0.1, 0.15) is 29.3 Å². The third-order valence-corrected chi connectivity index (χ3v) is 5.54. The Morgan fingerprint density at radius 1 is 1.09 bits per heavy atom. The van der Waals surface area contributed by atoms with E-state index in [1.165, 1.54) is 12.1 Å². The first-order chi connectivity index (χ1) is 15.2. The summed E-state index contributed by atoms with van der Waals surface area (Å²) in [5.41, 5.74) is 8.30. The van der Waals surface area contributed by atoms with Crippen molar-refractivity contribution in [1.29, 1.82) is 0 Å². The molecule has 0 aliphatic rings. The van der Waals surface area contributed by atoms with E-state index in [1.807, 2.05) is 36.4 Å². The molecule has 2 heterocycles. The summed E-state index contributed by atoms with van der Waals surface area (Å²) in [5.74, 6) is -1.26. The lowest BCUT2D eigenvalue weighted by atomic mass is 10.0. The molecular formula is C23H22FN3O4S. The van der Waals surface area contributed by atoms with Gasteiger partial charge in [0.2, 0.25) is 0 Å². The second-order valence-electron chi connectivity index (χ2n) is 7.01. The van der Waals surface area contributed by atoms with E-state index in [4.69, 9.17) is 10.3 Å². The number of rotatable bonds is 5. The van der Waals surface area contributed by atoms with Crippen LogP contribution < -0.4 is 5.73 Å². The van der Waals surface area contributed by atoms with Gasteiger partial charge in [0.15, 0.2) is 11.6 Å². The van der Waals surface area contributed by atoms with Crippen LogP contribution in [0.2, 0.25) is 0 Å². The number of carbonyl (C=O) groups is 1. The predicted octanol–water partition coefficient (Wildman–Crippen LogP) is 4.47. The molecule has 2 aromatic carbocycles. The van der Waals surface area contributed by atoms with Crippen molar-refractivity contribution in [3.8, 4) is 11.1 Å². The van der Waals surface area contributed by atoms with Crippen LogP contribution in [0.3, 0.4) is 0 Å². The molecule has 0 aliphatic heterocycles. The molecule has 0 aliphatic carbocycles. The van der Waals surface area contributed by atoms with Gasteiger partial charge in [0.25, 0.3) is 10.1 Å². The number of benzene rings is 2. The molecule has 0 bridgehead atoms. The fourth-order valence-corrected chi connectivity index (χ4v) is 3.62. The number of fused-ring (bicyclic) bond motifs is 1. The lowest BCUT2D eigenvalue weighted by Crippen LogP contribution is -2.06. The van der Waals surface area contributed by atoms with Crippen molar-refractivity contribution < 1.29 is 22.2 Å². The van der Waals surface area contributed by atoms with E-state index in [0.29, 0.717) is 23.0 Å². The summed E-state index contributed by atoms with van der Waals surface area (Å²) in [7, 11) is -3.67. The van der Waals surface area contributed by atoms with Crippen molar-refractivity contribution in [3.63, 3.8) is 0 Å². The molecule has 0 amide bonds. The Morgan fingerprint density at radius 3 is 2.44 bits per heavy atom. The van der Waals surface area contributed by atoms with Crippen LogP contribution in [0, 0.1) is 5.82 Å². The first kappa shape index (κ1) is 23.1. The van der Waals surface area contributed by atoms with Gasteiger partial charge in [-0.1, -0.05) is 43.3 Å². The van der Waals surface area contributed by atoms with Gasteiger partial charge in [-0.3, -0.25) is 9.35 Å². The zero-order chi connectivity index (χ0) is 23.3. The van der Waals surface area contributed by atoms with E-state index < -0.39 is 21.7 Å². The van der Waals surface area contributed by atoms with Gasteiger partial charge in [-0.2, -0.15) is 8.42 Å². The summed E-state index contributed by atoms with van der Waals surface area (Å²) in [6.07, 6.45) is 3.76. The van der Waals surface area contributed by atoms with Crippen LogP contribution in [0.25, 0.3) is 22.2 Å². The number of nitrogen functional groups attached to an aromatic ring is 1. The SMILES string of the molecule is CCCS(=O)(=O)O.Nc1cccc(C(=O)c2c[nH]c3ncc(-c4ccccc4)cc23)c1F. The number of nitrogens with one attached hydrogen (secondary N) is 1. The summed E-state index contributed by atoms with van der Waals surface area (Å²) in [6.45, 7) is 1.69. The van der Waals surface area contributed by atoms with Crippen LogP contribution in [-0.2, 0) is 10.1 Å². The monoisotopic (exact) mass is 455 g/mol. The highest BCUT2D eigenvalue weighted by molar-refractivity contribution is 7.85. The molecule has 4 rings (SSSR count). The van der Waals surface area contributed by atoms with Crippen LogP contribution in [0.5, 0.6) is 0 Å². The molecule has 32 heavy (non-hydrogen) atoms. The minimum Gasteiger partial charge on any atom is -0.396 e. The van der Waals surface area contributed by atoms with E-state index in [2.05, 4.69) is 9.97 Å². The van der Waals surface area contributed by atoms with Gasteiger partial charge < -0.3 is 10.7 Å². The maximum Gasteiger partial charge on any atom is 0.264 e. The largest absolute Gasteiger partial charge is 0.396 e. The van der Waals surface area contributed by atoms with Crippen molar-refractivity contribution in [2.45, 2.75) is 13.3 Å². The van der Waals surface area contributed by atoms with E-state index in [0.717, 1.165) is 11.1 Å². The molecule has 166 valence electrons. The number of carbonyl (C=O) groups excluding carboxylic acids is 1. The van der Waals surface area contributed by atoms with Gasteiger partial charge in [-0.05, 0) is 30.2 Å². The van der Waals surface area contributed by atoms with E-state index in [1.54, 1.807) is 25.4 Å². The number of nitrogens with two attached hydrogens (primary N) is 1. The average molecular weight is 456 g/mol. The minimum absolute atomic E-state index is 0.0474. The quantitative estimate of drug-likeness (QED) is 0.232. The van der Waals surface area contributed by atoms with Crippen LogP contribution in [0.4, 0.5) is 10.1 Å². The molecule has 0 radical (unpaired) electrons. The Kier molecular flexibility index (Phi) is 7.01. The Balaban J connectivity index is 0.000000360. The summed E-state index contributed by atoms with van der Waals surface area (Å²) >= 11 is 0. The molecule has 0 fully saturated rings. The first-order valence-corrected chi connectivity index (χ1v) is 11.4. The maximum atomic E-state index is 14.2. The molecule has 4 N–H and O–H groups in total. The highest BCUT2D eigenvalue weighted by Crippen LogP contribution is 2.27. The number of anilines is 1. The molecule has 2 aromatic heterocycles. The standard InChI is InChI=1S/C20H14FN3O.C3H8O3S/c21-18-14(7-4-8-17(18)22)19(25)16-11-24-20-15(16)9-13(10-23-20)12-5-2-1-3-6-12;1-2-3-7(4,5)6/h1-11H,22H2,(H,23,24);2-3H2,1H3,(H,4,5,6). The van der Waals surface area contributed by atoms with Crippen LogP contribution in [-0.4, -0.2) is 34.5 Å². The van der Waals surface area contributed by atoms with E-state index >= 15 is 0 Å². The molecule has 4 aromatic rings. The van der Waals surface area contributed by atoms with E-state index in [-0.39, 0.29) is 17.0 Å². The smallest absolute Gasteiger partial charge is 0.264 e. The highest BCUT2D eigenvalue weighted by Gasteiger charge is 2.19. The molecule has 0 saturated heterocycles. The first-order valence-electron chi connectivity index (χ1n) is 9.77. The van der Waals surface area contributed by atoms with Crippen molar-refractivity contribution >= 4 is 32.6 Å². The highest BCUT2D eigenvalue weighted by atomic mass is 32.2. The van der Waals surface area contributed by atoms with Crippen molar-refractivity contribution in [3.05, 3.63) is 83.9 Å². The molecule has 7 nitrogen and oxygen atoms in total. The molecule has 0 unspecified atom stereocenters. The van der Waals surface area contributed by atoms with Gasteiger partial charge in [-0.15, -0.1) is 0 Å². The van der Waals surface area contributed by atoms with Crippen molar-refractivity contribution in [2.24, 2.45) is 0 Å². The van der Waals surface area contributed by atoms with Gasteiger partial charge in [0.05, 0.1) is 17.0 Å². The Labute approximate surface area is 184 Å². The maximum absolute atomic E-state index is 14.2. The average Bonchev–Trinajstić information content (AvgIpc) is 3.19. The zero-order valence-corrected chi connectivity index (χ0v) is 18.1. The van der Waals surface area contributed by atoms with Crippen LogP contribution in [0.15, 0.2) is 67.0 Å². The number of H-pyrrole nitrogens is 1. The van der Waals surface area contributed by atoms with Gasteiger partial charge in [-0.25, -0.2) is 9.37 Å². The number of aromatic nitrogens is 2. The minimum atomic E-state index is -3.67. The fraction of sp³-hybridized carbons (Fsp3) is 0.130. The van der Waals surface area contributed by atoms with Crippen molar-refractivity contribution in [1.82, 2.24) is 9.97 Å². The molecule has 9 heteroatoms. The molecule has 0 saturated carbocycles. The topological polar surface area (TPSA) is 126 Å². The number of pyridine rings is 1. The number of hydrogen-bond acceptors (Lipinski definition) is 5. The Morgan fingerprint density at radius 2 is 1.81 bits per heavy atom. The fourth-order valence-electron chi connectivity index (χ4n) is 3.11. The number of nitrogens with zero attached hydrogens (tertiary/aromatic N) is 1. The Bertz CT molecular complexity index is 1350. The Hall–Kier alpha value is -3.56. The molecular weight excluding hydrogens is 433 g/mol. The third kappa shape index (κ3) is 5.37. The summed E-state index contributed by atoms with van der Waals surface area (Å²) in [6, 6.07) is 16.0. The predicted molar refractivity (Wildman–Crippen MR) is 122 cm³/mol. The van der Waals surface area contributed by atoms with Crippen molar-refractivity contribution in [2.75, 3.05) is 11.5 Å². The number of hydrogen-bond donors (Lipinski definition) is 3. The summed E-state index contributed by atoms with van der Waals surface area (Å²) in [5, 5.41) is 0.646. The lowest BCUT2D eigenvalue weighted by Gasteiger charge is -2.05. The molecule has 0 spiro atoms.